The van der Waals surface area contributed by atoms with Gasteiger partial charge in [-0.1, -0.05) is 0 Å². The van der Waals surface area contributed by atoms with Crippen molar-refractivity contribution in [2.24, 2.45) is 0 Å². The number of hydrogen-bond acceptors (Lipinski definition) is 9. The molecular weight excluding hydrogens is 522 g/mol. The van der Waals surface area contributed by atoms with Crippen molar-refractivity contribution in [2.45, 2.75) is 48.3 Å². The smallest absolute Gasteiger partial charge is 0.393 e. The highest BCUT2D eigenvalue weighted by molar-refractivity contribution is 7.89. The highest BCUT2D eigenvalue weighted by Gasteiger charge is 2.71. The van der Waals surface area contributed by atoms with Gasteiger partial charge in [0.15, 0.2) is 0 Å². The fraction of sp³-hybridized carbons (Fsp3) is 0.526. The minimum atomic E-state index is -6.10. The number of aliphatic hydroxyl groups excluding tert-OH is 1. The van der Waals surface area contributed by atoms with Crippen molar-refractivity contribution in [2.75, 3.05) is 30.3 Å². The predicted octanol–water partition coefficient (Wildman–Crippen LogP) is 1.42. The van der Waals surface area contributed by atoms with Gasteiger partial charge in [-0.2, -0.15) is 30.6 Å². The van der Waals surface area contributed by atoms with Crippen molar-refractivity contribution in [1.29, 1.82) is 0 Å². The fourth-order valence-corrected chi connectivity index (χ4v) is 5.16. The van der Waals surface area contributed by atoms with E-state index in [0.717, 1.165) is 10.5 Å². The normalized spacial score (nSPS) is 19.4. The molecule has 200 valence electrons. The van der Waals surface area contributed by atoms with Crippen molar-refractivity contribution in [3.63, 3.8) is 0 Å². The van der Waals surface area contributed by atoms with Crippen LogP contribution in [-0.4, -0.2) is 82.0 Å². The summed E-state index contributed by atoms with van der Waals surface area (Å²) in [6, 6.07) is 1.78. The molecule has 17 heteroatoms. The van der Waals surface area contributed by atoms with Gasteiger partial charge in [-0.3, -0.25) is 0 Å². The lowest BCUT2D eigenvalue weighted by molar-refractivity contribution is -0.376. The second-order valence-corrected chi connectivity index (χ2v) is 10.1. The molecular formula is C19H22F6N6O4S. The van der Waals surface area contributed by atoms with E-state index in [0.29, 0.717) is 0 Å². The first kappa shape index (κ1) is 27.8. The van der Waals surface area contributed by atoms with Crippen LogP contribution < -0.4 is 10.6 Å². The van der Waals surface area contributed by atoms with Crippen LogP contribution in [0.2, 0.25) is 0 Å². The van der Waals surface area contributed by atoms with Gasteiger partial charge in [0.1, 0.15) is 10.7 Å². The minimum absolute atomic E-state index is 0.0217. The maximum atomic E-state index is 13.1. The second-order valence-electron chi connectivity index (χ2n) is 8.19. The summed E-state index contributed by atoms with van der Waals surface area (Å²) in [4.78, 5) is 12.2. The maximum Gasteiger partial charge on any atom is 0.430 e. The summed E-state index contributed by atoms with van der Waals surface area (Å²) in [7, 11) is -4.03. The predicted molar refractivity (Wildman–Crippen MR) is 113 cm³/mol. The van der Waals surface area contributed by atoms with Crippen LogP contribution in [0.4, 0.5) is 38.1 Å². The molecule has 10 nitrogen and oxygen atoms in total. The zero-order chi connectivity index (χ0) is 27.1. The summed E-state index contributed by atoms with van der Waals surface area (Å²) in [5.41, 5.74) is -1.33. The number of halogens is 6. The standard InChI is InChI=1S/C19H22F6N6O4S/c1-11(32)6-13-10-30(36(34,35)14-2-3-15(26)27-9-14)4-5-31(13)16-28-7-12(8-29-16)17(33,18(20,21)22)19(23,24)25/h2-3,7-9,11,13,32-33H,4-6,10H2,1H3,(H2,26,27). The number of alkyl halides is 6. The number of rotatable bonds is 6. The number of pyridine rings is 1. The van der Waals surface area contributed by atoms with Crippen molar-refractivity contribution in [3.8, 4) is 0 Å². The Bertz CT molecular complexity index is 1140. The zero-order valence-corrected chi connectivity index (χ0v) is 19.4. The van der Waals surface area contributed by atoms with Crippen LogP contribution in [0.3, 0.4) is 0 Å². The van der Waals surface area contributed by atoms with Crippen LogP contribution in [0.5, 0.6) is 0 Å². The summed E-state index contributed by atoms with van der Waals surface area (Å²) in [6.45, 7) is 0.994. The van der Waals surface area contributed by atoms with Gasteiger partial charge < -0.3 is 20.8 Å². The molecule has 3 heterocycles. The first-order chi connectivity index (χ1) is 16.5. The molecule has 2 aromatic rings. The monoisotopic (exact) mass is 544 g/mol. The number of aliphatic hydroxyl groups is 2. The number of hydrogen-bond donors (Lipinski definition) is 3. The van der Waals surface area contributed by atoms with Crippen LogP contribution in [0.25, 0.3) is 0 Å². The van der Waals surface area contributed by atoms with E-state index in [1.807, 2.05) is 0 Å². The molecule has 36 heavy (non-hydrogen) atoms. The Labute approximate surface area is 201 Å². The van der Waals surface area contributed by atoms with Crippen molar-refractivity contribution in [3.05, 3.63) is 36.3 Å². The summed E-state index contributed by atoms with van der Waals surface area (Å²) in [6.07, 6.45) is -11.7. The summed E-state index contributed by atoms with van der Waals surface area (Å²) in [5.74, 6) is -0.198. The third kappa shape index (κ3) is 5.18. The van der Waals surface area contributed by atoms with Crippen LogP contribution in [0, 0.1) is 0 Å². The Morgan fingerprint density at radius 2 is 1.64 bits per heavy atom. The highest BCUT2D eigenvalue weighted by Crippen LogP contribution is 2.49. The number of nitrogens with zero attached hydrogens (tertiary/aromatic N) is 5. The van der Waals surface area contributed by atoms with Gasteiger partial charge in [-0.15, -0.1) is 0 Å². The average molecular weight is 544 g/mol. The molecule has 0 aliphatic carbocycles. The van der Waals surface area contributed by atoms with Gasteiger partial charge in [0.2, 0.25) is 16.0 Å². The van der Waals surface area contributed by atoms with Gasteiger partial charge in [0, 0.05) is 49.8 Å². The molecule has 2 aromatic heterocycles. The maximum absolute atomic E-state index is 13.1. The molecule has 2 atom stereocenters. The van der Waals surface area contributed by atoms with E-state index in [1.54, 1.807) is 0 Å². The van der Waals surface area contributed by atoms with E-state index in [-0.39, 0.29) is 55.1 Å². The lowest BCUT2D eigenvalue weighted by Gasteiger charge is -2.41. The lowest BCUT2D eigenvalue weighted by atomic mass is 9.95. The topological polar surface area (TPSA) is 146 Å². The average Bonchev–Trinajstić information content (AvgIpc) is 2.77. The lowest BCUT2D eigenvalue weighted by Crippen LogP contribution is -2.56. The van der Waals surface area contributed by atoms with Gasteiger partial charge in [-0.25, -0.2) is 23.4 Å². The molecule has 1 fully saturated rings. The van der Waals surface area contributed by atoms with E-state index in [9.17, 15) is 45.0 Å². The molecule has 0 spiro atoms. The third-order valence-corrected chi connectivity index (χ3v) is 7.44. The number of anilines is 2. The Kier molecular flexibility index (Phi) is 7.42. The Hall–Kier alpha value is -2.76. The third-order valence-electron chi connectivity index (χ3n) is 5.59. The molecule has 1 saturated heterocycles. The molecule has 4 N–H and O–H groups in total. The van der Waals surface area contributed by atoms with Gasteiger partial charge >= 0.3 is 12.4 Å². The molecule has 0 radical (unpaired) electrons. The quantitative estimate of drug-likeness (QED) is 0.460. The van der Waals surface area contributed by atoms with Crippen LogP contribution in [0.1, 0.15) is 18.9 Å². The summed E-state index contributed by atoms with van der Waals surface area (Å²) in [5, 5.41) is 19.4. The van der Waals surface area contributed by atoms with E-state index in [4.69, 9.17) is 5.73 Å². The van der Waals surface area contributed by atoms with Crippen molar-refractivity contribution in [1.82, 2.24) is 19.3 Å². The van der Waals surface area contributed by atoms with Gasteiger partial charge in [0.05, 0.1) is 6.10 Å². The van der Waals surface area contributed by atoms with E-state index in [1.165, 1.54) is 24.0 Å². The van der Waals surface area contributed by atoms with E-state index < -0.39 is 45.7 Å². The number of nitrogen functional groups attached to an aromatic ring is 1. The summed E-state index contributed by atoms with van der Waals surface area (Å²) >= 11 is 0. The van der Waals surface area contributed by atoms with Crippen LogP contribution >= 0.6 is 0 Å². The van der Waals surface area contributed by atoms with E-state index >= 15 is 0 Å². The van der Waals surface area contributed by atoms with Crippen LogP contribution in [-0.2, 0) is 15.6 Å². The molecule has 0 bridgehead atoms. The number of nitrogens with two attached hydrogens (primary N) is 1. The molecule has 0 saturated carbocycles. The van der Waals surface area contributed by atoms with Crippen molar-refractivity contribution < 1.29 is 45.0 Å². The number of piperazine rings is 1. The summed E-state index contributed by atoms with van der Waals surface area (Å²) < 4.78 is 106. The van der Waals surface area contributed by atoms with Crippen molar-refractivity contribution >= 4 is 21.8 Å². The Balaban J connectivity index is 1.90. The first-order valence-electron chi connectivity index (χ1n) is 10.3. The Morgan fingerprint density at radius 3 is 2.11 bits per heavy atom. The Morgan fingerprint density at radius 1 is 1.06 bits per heavy atom. The zero-order valence-electron chi connectivity index (χ0n) is 18.6. The van der Waals surface area contributed by atoms with Gasteiger partial charge in [-0.05, 0) is 25.5 Å². The minimum Gasteiger partial charge on any atom is -0.393 e. The first-order valence-corrected chi connectivity index (χ1v) is 11.8. The number of sulfonamides is 1. The molecule has 3 rings (SSSR count). The second kappa shape index (κ2) is 9.60. The molecule has 1 aliphatic heterocycles. The SMILES string of the molecule is CC(O)CC1CN(S(=O)(=O)c2ccc(N)nc2)CCN1c1ncc(C(O)(C(F)(F)F)C(F)(F)F)cn1. The number of aromatic nitrogens is 3. The molecule has 1 aliphatic rings. The van der Waals surface area contributed by atoms with E-state index in [2.05, 4.69) is 15.0 Å². The molecule has 2 unspecified atom stereocenters. The largest absolute Gasteiger partial charge is 0.430 e. The molecule has 0 aromatic carbocycles. The highest BCUT2D eigenvalue weighted by atomic mass is 32.2. The van der Waals surface area contributed by atoms with Gasteiger partial charge in [0.25, 0.3) is 5.60 Å². The molecule has 0 amide bonds. The van der Waals surface area contributed by atoms with Crippen LogP contribution in [0.15, 0.2) is 35.6 Å². The fourth-order valence-electron chi connectivity index (χ4n) is 3.74.